The lowest BCUT2D eigenvalue weighted by molar-refractivity contribution is -0.131. The van der Waals surface area contributed by atoms with Crippen LogP contribution in [0.3, 0.4) is 0 Å². The van der Waals surface area contributed by atoms with E-state index in [1.54, 1.807) is 18.2 Å². The van der Waals surface area contributed by atoms with E-state index in [1.807, 2.05) is 0 Å². The average molecular weight is 224 g/mol. The van der Waals surface area contributed by atoms with Crippen molar-refractivity contribution in [3.05, 3.63) is 47.4 Å². The van der Waals surface area contributed by atoms with E-state index >= 15 is 0 Å². The maximum atomic E-state index is 13.6. The van der Waals surface area contributed by atoms with Gasteiger partial charge in [-0.05, 0) is 5.57 Å². The zero-order valence-corrected chi connectivity index (χ0v) is 8.94. The van der Waals surface area contributed by atoms with E-state index in [-0.39, 0.29) is 18.9 Å². The first-order valence-corrected chi connectivity index (χ1v) is 4.78. The van der Waals surface area contributed by atoms with Crippen molar-refractivity contribution in [3.8, 4) is 0 Å². The first kappa shape index (κ1) is 12.4. The van der Waals surface area contributed by atoms with Crippen LogP contribution in [0.15, 0.2) is 47.4 Å². The first-order valence-electron chi connectivity index (χ1n) is 4.78. The third-order valence-corrected chi connectivity index (χ3v) is 2.06. The number of carboxylic acids is 1. The number of hydrogen-bond acceptors (Lipinski definition) is 2. The van der Waals surface area contributed by atoms with Crippen molar-refractivity contribution in [1.29, 1.82) is 0 Å². The van der Waals surface area contributed by atoms with Crippen LogP contribution in [0.25, 0.3) is 0 Å². The zero-order valence-electron chi connectivity index (χ0n) is 8.94. The van der Waals surface area contributed by atoms with E-state index < -0.39 is 5.97 Å². The molecule has 3 nitrogen and oxygen atoms in total. The Kier molecular flexibility index (Phi) is 4.66. The zero-order chi connectivity index (χ0) is 12.0. The Morgan fingerprint density at radius 2 is 2.44 bits per heavy atom. The van der Waals surface area contributed by atoms with Crippen molar-refractivity contribution < 1.29 is 19.0 Å². The fraction of sp³-hybridized carbons (Fsp3) is 0.250. The maximum Gasteiger partial charge on any atom is 0.328 e. The largest absolute Gasteiger partial charge is 0.478 e. The van der Waals surface area contributed by atoms with Gasteiger partial charge in [0.1, 0.15) is 5.83 Å². The highest BCUT2D eigenvalue weighted by atomic mass is 19.1. The Morgan fingerprint density at radius 1 is 1.69 bits per heavy atom. The summed E-state index contributed by atoms with van der Waals surface area (Å²) in [4.78, 5) is 10.3. The number of allylic oxidation sites excluding steroid dienone is 5. The van der Waals surface area contributed by atoms with Crippen molar-refractivity contribution in [2.75, 3.05) is 13.7 Å². The van der Waals surface area contributed by atoms with Gasteiger partial charge in [-0.1, -0.05) is 24.3 Å². The van der Waals surface area contributed by atoms with Crippen LogP contribution in [-0.4, -0.2) is 24.8 Å². The Balaban J connectivity index is 2.78. The molecule has 0 heterocycles. The first-order chi connectivity index (χ1) is 7.63. The molecule has 0 aromatic heterocycles. The Labute approximate surface area is 93.2 Å². The number of carboxylic acid groups (broad SMARTS) is 1. The van der Waals surface area contributed by atoms with E-state index in [1.165, 1.54) is 13.2 Å². The second-order valence-electron chi connectivity index (χ2n) is 3.31. The van der Waals surface area contributed by atoms with E-state index in [0.717, 1.165) is 6.08 Å². The Bertz CT molecular complexity index is 389. The molecule has 0 fully saturated rings. The fourth-order valence-electron chi connectivity index (χ4n) is 1.30. The topological polar surface area (TPSA) is 46.5 Å². The molecule has 0 spiro atoms. The Morgan fingerprint density at radius 3 is 3.06 bits per heavy atom. The van der Waals surface area contributed by atoms with Gasteiger partial charge in [0.25, 0.3) is 0 Å². The summed E-state index contributed by atoms with van der Waals surface area (Å²) in [5, 5.41) is 8.46. The van der Waals surface area contributed by atoms with Gasteiger partial charge in [-0.15, -0.1) is 0 Å². The number of methoxy groups -OCH3 is 1. The van der Waals surface area contributed by atoms with Gasteiger partial charge in [-0.3, -0.25) is 0 Å². The highest BCUT2D eigenvalue weighted by Crippen LogP contribution is 2.21. The van der Waals surface area contributed by atoms with Gasteiger partial charge in [0.15, 0.2) is 0 Å². The number of hydrogen-bond donors (Lipinski definition) is 1. The van der Waals surface area contributed by atoms with Gasteiger partial charge in [0.05, 0.1) is 6.61 Å². The van der Waals surface area contributed by atoms with Crippen molar-refractivity contribution in [3.63, 3.8) is 0 Å². The molecule has 16 heavy (non-hydrogen) atoms. The van der Waals surface area contributed by atoms with Crippen LogP contribution in [0.4, 0.5) is 4.39 Å². The third kappa shape index (κ3) is 3.82. The van der Waals surface area contributed by atoms with E-state index in [0.29, 0.717) is 11.1 Å². The smallest absolute Gasteiger partial charge is 0.328 e. The number of aliphatic carboxylic acids is 1. The minimum absolute atomic E-state index is 0.0927. The highest BCUT2D eigenvalue weighted by Gasteiger charge is 2.08. The Hall–Kier alpha value is -1.68. The molecule has 0 amide bonds. The predicted octanol–water partition coefficient (Wildman–Crippen LogP) is 2.38. The molecule has 4 heteroatoms. The summed E-state index contributed by atoms with van der Waals surface area (Å²) in [7, 11) is 1.50. The van der Waals surface area contributed by atoms with Crippen LogP contribution < -0.4 is 0 Å². The highest BCUT2D eigenvalue weighted by molar-refractivity contribution is 5.80. The fourth-order valence-corrected chi connectivity index (χ4v) is 1.30. The molecule has 0 aliphatic heterocycles. The van der Waals surface area contributed by atoms with Crippen molar-refractivity contribution >= 4 is 5.97 Å². The summed E-state index contributed by atoms with van der Waals surface area (Å²) < 4.78 is 18.5. The molecule has 0 atom stereocenters. The van der Waals surface area contributed by atoms with Gasteiger partial charge < -0.3 is 9.84 Å². The van der Waals surface area contributed by atoms with E-state index in [9.17, 15) is 9.18 Å². The SMILES string of the molecule is COCC1=C(F)CC(/C=C/C(=O)O)=CC=C1. The molecule has 0 radical (unpaired) electrons. The molecular weight excluding hydrogens is 211 g/mol. The molecule has 86 valence electrons. The van der Waals surface area contributed by atoms with Crippen molar-refractivity contribution in [2.45, 2.75) is 6.42 Å². The second-order valence-corrected chi connectivity index (χ2v) is 3.31. The van der Waals surface area contributed by atoms with Gasteiger partial charge in [0.2, 0.25) is 0 Å². The van der Waals surface area contributed by atoms with Crippen molar-refractivity contribution in [2.24, 2.45) is 0 Å². The van der Waals surface area contributed by atoms with Gasteiger partial charge in [0, 0.05) is 25.2 Å². The number of rotatable bonds is 4. The molecule has 0 saturated carbocycles. The van der Waals surface area contributed by atoms with E-state index in [2.05, 4.69) is 0 Å². The molecule has 1 N–H and O–H groups in total. The lowest BCUT2D eigenvalue weighted by Crippen LogP contribution is -1.94. The number of halogens is 1. The summed E-state index contributed by atoms with van der Waals surface area (Å²) in [6, 6.07) is 0. The molecule has 1 aliphatic carbocycles. The molecule has 0 bridgehead atoms. The minimum atomic E-state index is -1.05. The lowest BCUT2D eigenvalue weighted by Gasteiger charge is -2.02. The molecule has 1 rings (SSSR count). The molecule has 0 aromatic carbocycles. The lowest BCUT2D eigenvalue weighted by atomic mass is 10.1. The molecule has 0 unspecified atom stereocenters. The third-order valence-electron chi connectivity index (χ3n) is 2.06. The van der Waals surface area contributed by atoms with Crippen molar-refractivity contribution in [1.82, 2.24) is 0 Å². The maximum absolute atomic E-state index is 13.6. The van der Waals surface area contributed by atoms with Crippen LogP contribution in [0.2, 0.25) is 0 Å². The summed E-state index contributed by atoms with van der Waals surface area (Å²) in [5.41, 5.74) is 1.10. The summed E-state index contributed by atoms with van der Waals surface area (Å²) >= 11 is 0. The minimum Gasteiger partial charge on any atom is -0.478 e. The number of ether oxygens (including phenoxy) is 1. The van der Waals surface area contributed by atoms with Crippen LogP contribution in [0.1, 0.15) is 6.42 Å². The second kappa shape index (κ2) is 6.02. The molecule has 0 saturated heterocycles. The summed E-state index contributed by atoms with van der Waals surface area (Å²) in [6.45, 7) is 0.214. The molecular formula is C12H13FO3. The summed E-state index contributed by atoms with van der Waals surface area (Å²) in [5.74, 6) is -1.34. The monoisotopic (exact) mass is 224 g/mol. The standard InChI is InChI=1S/C12H13FO3/c1-16-8-10-4-2-3-9(7-11(10)13)5-6-12(14)15/h2-6H,7-8H2,1H3,(H,14,15)/b6-5+. The summed E-state index contributed by atoms with van der Waals surface area (Å²) in [6.07, 6.45) is 7.47. The number of carbonyl (C=O) groups is 1. The molecule has 1 aliphatic rings. The van der Waals surface area contributed by atoms with Crippen LogP contribution >= 0.6 is 0 Å². The van der Waals surface area contributed by atoms with Gasteiger partial charge in [-0.25, -0.2) is 9.18 Å². The van der Waals surface area contributed by atoms with Gasteiger partial charge >= 0.3 is 5.97 Å². The van der Waals surface area contributed by atoms with E-state index in [4.69, 9.17) is 9.84 Å². The normalized spacial score (nSPS) is 16.5. The predicted molar refractivity (Wildman–Crippen MR) is 58.6 cm³/mol. The van der Waals surface area contributed by atoms with Gasteiger partial charge in [-0.2, -0.15) is 0 Å². The average Bonchev–Trinajstić information content (AvgIpc) is 2.39. The van der Waals surface area contributed by atoms with Crippen LogP contribution in [0.5, 0.6) is 0 Å². The molecule has 0 aromatic rings. The quantitative estimate of drug-likeness (QED) is 0.746. The van der Waals surface area contributed by atoms with Crippen LogP contribution in [-0.2, 0) is 9.53 Å². The van der Waals surface area contributed by atoms with Crippen LogP contribution in [0, 0.1) is 0 Å².